The van der Waals surface area contributed by atoms with Gasteiger partial charge in [-0.3, -0.25) is 0 Å². The van der Waals surface area contributed by atoms with Crippen LogP contribution in [-0.2, 0) is 5.48 Å². The predicted octanol–water partition coefficient (Wildman–Crippen LogP) is 2.32. The van der Waals surface area contributed by atoms with Crippen LogP contribution in [0.15, 0.2) is 18.2 Å². The summed E-state index contributed by atoms with van der Waals surface area (Å²) in [5.74, 6) is -0.116. The third-order valence-corrected chi connectivity index (χ3v) is 1.54. The lowest BCUT2D eigenvalue weighted by Gasteiger charge is -1.97. The van der Waals surface area contributed by atoms with Gasteiger partial charge in [-0.15, -0.1) is 0 Å². The standard InChI is InChI=1S/C8H9F.O/c1-6-4-3-5-8(9)7(6)2;/h3-5H,1-2H3;. The van der Waals surface area contributed by atoms with E-state index >= 15 is 0 Å². The summed E-state index contributed by atoms with van der Waals surface area (Å²) >= 11 is 0. The van der Waals surface area contributed by atoms with E-state index in [4.69, 9.17) is 0 Å². The van der Waals surface area contributed by atoms with Gasteiger partial charge in [0.25, 0.3) is 0 Å². The third kappa shape index (κ3) is 1.54. The van der Waals surface area contributed by atoms with E-state index in [9.17, 15) is 4.39 Å². The van der Waals surface area contributed by atoms with Crippen LogP contribution in [0.25, 0.3) is 0 Å². The van der Waals surface area contributed by atoms with Crippen molar-refractivity contribution in [1.82, 2.24) is 0 Å². The molecule has 0 saturated carbocycles. The average Bonchev–Trinajstić information content (AvgIpc) is 1.83. The summed E-state index contributed by atoms with van der Waals surface area (Å²) in [6, 6.07) is 5.10. The van der Waals surface area contributed by atoms with Crippen LogP contribution >= 0.6 is 0 Å². The van der Waals surface area contributed by atoms with E-state index in [1.807, 2.05) is 13.0 Å². The molecule has 1 rings (SSSR count). The van der Waals surface area contributed by atoms with Crippen LogP contribution in [0.3, 0.4) is 0 Å². The van der Waals surface area contributed by atoms with E-state index in [1.165, 1.54) is 6.07 Å². The van der Waals surface area contributed by atoms with E-state index in [0.29, 0.717) is 0 Å². The highest BCUT2D eigenvalue weighted by Gasteiger charge is 1.95. The van der Waals surface area contributed by atoms with Gasteiger partial charge in [0.2, 0.25) is 0 Å². The highest BCUT2D eigenvalue weighted by molar-refractivity contribution is 5.25. The van der Waals surface area contributed by atoms with E-state index in [2.05, 4.69) is 0 Å². The summed E-state index contributed by atoms with van der Waals surface area (Å²) in [5.41, 5.74) is 1.76. The fraction of sp³-hybridized carbons (Fsp3) is 0.250. The average molecular weight is 140 g/mol. The molecule has 1 nitrogen and oxygen atoms in total. The molecule has 2 radical (unpaired) electrons. The Balaban J connectivity index is 0.000000810. The molecule has 0 aliphatic rings. The lowest BCUT2D eigenvalue weighted by atomic mass is 10.1. The van der Waals surface area contributed by atoms with Gasteiger partial charge in [0.1, 0.15) is 5.82 Å². The molecule has 0 atom stereocenters. The summed E-state index contributed by atoms with van der Waals surface area (Å²) in [6.07, 6.45) is 0. The molecule has 54 valence electrons. The van der Waals surface area contributed by atoms with Crippen LogP contribution in [0.2, 0.25) is 0 Å². The van der Waals surface area contributed by atoms with Gasteiger partial charge in [0.15, 0.2) is 0 Å². The first-order chi connectivity index (χ1) is 4.22. The maximum absolute atomic E-state index is 12.6. The summed E-state index contributed by atoms with van der Waals surface area (Å²) in [6.45, 7) is 3.68. The zero-order chi connectivity index (χ0) is 6.85. The maximum atomic E-state index is 12.6. The first-order valence-electron chi connectivity index (χ1n) is 2.93. The molecule has 0 spiro atoms. The first kappa shape index (κ1) is 9.11. The zero-order valence-electron chi connectivity index (χ0n) is 6.02. The molecule has 2 heteroatoms. The third-order valence-electron chi connectivity index (χ3n) is 1.54. The van der Waals surface area contributed by atoms with Crippen molar-refractivity contribution < 1.29 is 9.87 Å². The molecule has 1 aromatic carbocycles. The minimum absolute atomic E-state index is 0. The van der Waals surface area contributed by atoms with Gasteiger partial charge in [0, 0.05) is 5.48 Å². The normalized spacial score (nSPS) is 8.70. The minimum Gasteiger partial charge on any atom is -0.207 e. The summed E-state index contributed by atoms with van der Waals surface area (Å²) in [7, 11) is 0. The monoisotopic (exact) mass is 140 g/mol. The molecule has 0 saturated heterocycles. The van der Waals surface area contributed by atoms with Gasteiger partial charge in [-0.25, -0.2) is 4.39 Å². The highest BCUT2D eigenvalue weighted by Crippen LogP contribution is 2.09. The number of rotatable bonds is 0. The Hall–Kier alpha value is -0.890. The topological polar surface area (TPSA) is 28.5 Å². The molecule has 0 bridgehead atoms. The lowest BCUT2D eigenvalue weighted by Crippen LogP contribution is -1.83. The van der Waals surface area contributed by atoms with E-state index in [-0.39, 0.29) is 11.3 Å². The van der Waals surface area contributed by atoms with Gasteiger partial charge in [-0.2, -0.15) is 0 Å². The van der Waals surface area contributed by atoms with Crippen LogP contribution in [-0.4, -0.2) is 0 Å². The van der Waals surface area contributed by atoms with Crippen molar-refractivity contribution in [1.29, 1.82) is 0 Å². The van der Waals surface area contributed by atoms with Gasteiger partial charge in [-0.1, -0.05) is 12.1 Å². The molecule has 0 unspecified atom stereocenters. The molecule has 10 heavy (non-hydrogen) atoms. The lowest BCUT2D eigenvalue weighted by molar-refractivity contribution is 0.617. The molecule has 0 fully saturated rings. The molecule has 0 aliphatic carbocycles. The Bertz CT molecular complexity index is 200. The summed E-state index contributed by atoms with van der Waals surface area (Å²) in [5, 5.41) is 0. The smallest absolute Gasteiger partial charge is 0.126 e. The molecule has 0 amide bonds. The molecular formula is C8H9FO. The summed E-state index contributed by atoms with van der Waals surface area (Å²) in [4.78, 5) is 0. The zero-order valence-corrected chi connectivity index (χ0v) is 6.02. The second kappa shape index (κ2) is 3.32. The number of benzene rings is 1. The quantitative estimate of drug-likeness (QED) is 0.529. The minimum atomic E-state index is -0.116. The molecule has 0 heterocycles. The maximum Gasteiger partial charge on any atom is 0.126 e. The van der Waals surface area contributed by atoms with Gasteiger partial charge in [-0.05, 0) is 31.0 Å². The Morgan fingerprint density at radius 3 is 2.20 bits per heavy atom. The number of halogens is 1. The number of hydrogen-bond donors (Lipinski definition) is 0. The SMILES string of the molecule is Cc1cccc(F)c1C.[O]. The molecule has 0 N–H and O–H groups in total. The Morgan fingerprint density at radius 1 is 1.20 bits per heavy atom. The van der Waals surface area contributed by atoms with E-state index in [1.54, 1.807) is 13.0 Å². The van der Waals surface area contributed by atoms with Crippen LogP contribution in [0.5, 0.6) is 0 Å². The second-order valence-electron chi connectivity index (χ2n) is 2.18. The number of aryl methyl sites for hydroxylation is 1. The van der Waals surface area contributed by atoms with Crippen molar-refractivity contribution in [3.63, 3.8) is 0 Å². The van der Waals surface area contributed by atoms with Crippen molar-refractivity contribution in [2.24, 2.45) is 0 Å². The van der Waals surface area contributed by atoms with Gasteiger partial charge >= 0.3 is 0 Å². The first-order valence-corrected chi connectivity index (χ1v) is 2.93. The van der Waals surface area contributed by atoms with Crippen molar-refractivity contribution in [2.75, 3.05) is 0 Å². The second-order valence-corrected chi connectivity index (χ2v) is 2.18. The van der Waals surface area contributed by atoms with Gasteiger partial charge < -0.3 is 0 Å². The van der Waals surface area contributed by atoms with Crippen LogP contribution < -0.4 is 0 Å². The fourth-order valence-electron chi connectivity index (χ4n) is 0.715. The molecule has 0 aliphatic heterocycles. The Labute approximate surface area is 59.8 Å². The Morgan fingerprint density at radius 2 is 1.80 bits per heavy atom. The Kier molecular flexibility index (Phi) is 3.03. The number of hydrogen-bond acceptors (Lipinski definition) is 0. The van der Waals surface area contributed by atoms with Crippen molar-refractivity contribution in [2.45, 2.75) is 13.8 Å². The van der Waals surface area contributed by atoms with Crippen molar-refractivity contribution in [3.8, 4) is 0 Å². The predicted molar refractivity (Wildman–Crippen MR) is 36.6 cm³/mol. The van der Waals surface area contributed by atoms with Crippen LogP contribution in [0.1, 0.15) is 11.1 Å². The molecule has 1 aromatic rings. The molecule has 0 aromatic heterocycles. The van der Waals surface area contributed by atoms with Crippen molar-refractivity contribution in [3.05, 3.63) is 35.1 Å². The van der Waals surface area contributed by atoms with Gasteiger partial charge in [0.05, 0.1) is 0 Å². The van der Waals surface area contributed by atoms with Crippen LogP contribution in [0, 0.1) is 19.7 Å². The molecular weight excluding hydrogens is 131 g/mol. The fourth-order valence-corrected chi connectivity index (χ4v) is 0.715. The largest absolute Gasteiger partial charge is 0.207 e. The van der Waals surface area contributed by atoms with Crippen LogP contribution in [0.4, 0.5) is 4.39 Å². The van der Waals surface area contributed by atoms with Crippen molar-refractivity contribution >= 4 is 0 Å². The van der Waals surface area contributed by atoms with E-state index < -0.39 is 0 Å². The summed E-state index contributed by atoms with van der Waals surface area (Å²) < 4.78 is 12.6. The highest BCUT2D eigenvalue weighted by atomic mass is 19.1. The van der Waals surface area contributed by atoms with E-state index in [0.717, 1.165) is 11.1 Å².